The lowest BCUT2D eigenvalue weighted by molar-refractivity contribution is 0.0844. The van der Waals surface area contributed by atoms with Gasteiger partial charge in [0.05, 0.1) is 6.10 Å². The number of aliphatic hydroxyl groups is 1. The van der Waals surface area contributed by atoms with Gasteiger partial charge in [0.2, 0.25) is 0 Å². The third-order valence-electron chi connectivity index (χ3n) is 4.51. The lowest BCUT2D eigenvalue weighted by Crippen LogP contribution is -2.40. The van der Waals surface area contributed by atoms with E-state index >= 15 is 0 Å². The maximum atomic E-state index is 10.1. The third kappa shape index (κ3) is 2.73. The van der Waals surface area contributed by atoms with Crippen molar-refractivity contribution in [3.8, 4) is 0 Å². The molecule has 88 valence electrons. The highest BCUT2D eigenvalue weighted by atomic mass is 16.3. The molecule has 0 heterocycles. The molecule has 0 aliphatic heterocycles. The Morgan fingerprint density at radius 2 is 1.93 bits per heavy atom. The van der Waals surface area contributed by atoms with Crippen molar-refractivity contribution in [1.29, 1.82) is 0 Å². The zero-order valence-corrected chi connectivity index (χ0v) is 9.97. The van der Waals surface area contributed by atoms with Crippen molar-refractivity contribution in [2.75, 3.05) is 6.54 Å². The number of hydrogen-bond donors (Lipinski definition) is 2. The molecule has 0 saturated heterocycles. The van der Waals surface area contributed by atoms with E-state index in [-0.39, 0.29) is 6.10 Å². The normalized spacial score (nSPS) is 27.6. The van der Waals surface area contributed by atoms with Crippen molar-refractivity contribution < 1.29 is 5.11 Å². The van der Waals surface area contributed by atoms with Crippen molar-refractivity contribution >= 4 is 0 Å². The average Bonchev–Trinajstić information content (AvgIpc) is 3.08. The predicted molar refractivity (Wildman–Crippen MR) is 62.8 cm³/mol. The van der Waals surface area contributed by atoms with E-state index in [0.29, 0.717) is 11.5 Å². The van der Waals surface area contributed by atoms with Crippen LogP contribution in [0.4, 0.5) is 0 Å². The fraction of sp³-hybridized carbons (Fsp3) is 1.00. The van der Waals surface area contributed by atoms with E-state index in [1.807, 2.05) is 0 Å². The Kier molecular flexibility index (Phi) is 3.68. The number of hydrogen-bond acceptors (Lipinski definition) is 2. The summed E-state index contributed by atoms with van der Waals surface area (Å²) in [5, 5.41) is 13.7. The van der Waals surface area contributed by atoms with Crippen LogP contribution in [0.2, 0.25) is 0 Å². The minimum atomic E-state index is -0.107. The summed E-state index contributed by atoms with van der Waals surface area (Å²) in [6.45, 7) is 3.02. The van der Waals surface area contributed by atoms with Crippen molar-refractivity contribution in [2.24, 2.45) is 5.41 Å². The van der Waals surface area contributed by atoms with E-state index in [1.165, 1.54) is 44.9 Å². The Labute approximate surface area is 93.5 Å². The van der Waals surface area contributed by atoms with Crippen LogP contribution >= 0.6 is 0 Å². The topological polar surface area (TPSA) is 32.3 Å². The molecule has 2 nitrogen and oxygen atoms in total. The first-order valence-corrected chi connectivity index (χ1v) is 6.68. The van der Waals surface area contributed by atoms with Gasteiger partial charge in [0.25, 0.3) is 0 Å². The van der Waals surface area contributed by atoms with Crippen LogP contribution in [0.5, 0.6) is 0 Å². The molecule has 1 unspecified atom stereocenters. The van der Waals surface area contributed by atoms with Gasteiger partial charge in [-0.3, -0.25) is 0 Å². The molecule has 2 aliphatic rings. The largest absolute Gasteiger partial charge is 0.391 e. The summed E-state index contributed by atoms with van der Waals surface area (Å²) >= 11 is 0. The minimum Gasteiger partial charge on any atom is -0.391 e. The highest BCUT2D eigenvalue weighted by molar-refractivity contribution is 4.98. The molecule has 1 atom stereocenters. The second kappa shape index (κ2) is 4.84. The van der Waals surface area contributed by atoms with Crippen LogP contribution in [0.25, 0.3) is 0 Å². The van der Waals surface area contributed by atoms with Gasteiger partial charge >= 0.3 is 0 Å². The molecule has 15 heavy (non-hydrogen) atoms. The smallest absolute Gasteiger partial charge is 0.0720 e. The fourth-order valence-corrected chi connectivity index (χ4v) is 2.88. The Morgan fingerprint density at radius 3 is 2.47 bits per heavy atom. The monoisotopic (exact) mass is 211 g/mol. The predicted octanol–water partition coefficient (Wildman–Crippen LogP) is 2.46. The molecule has 0 aromatic carbocycles. The summed E-state index contributed by atoms with van der Waals surface area (Å²) in [6, 6.07) is 0.682. The van der Waals surface area contributed by atoms with Crippen LogP contribution in [0, 0.1) is 5.41 Å². The van der Waals surface area contributed by atoms with Gasteiger partial charge in [-0.1, -0.05) is 26.2 Å². The molecule has 2 heteroatoms. The summed E-state index contributed by atoms with van der Waals surface area (Å²) in [4.78, 5) is 0. The molecular formula is C13H25NO. The Morgan fingerprint density at radius 1 is 1.27 bits per heavy atom. The first-order chi connectivity index (χ1) is 7.27. The van der Waals surface area contributed by atoms with Gasteiger partial charge in [-0.05, 0) is 37.5 Å². The Hall–Kier alpha value is -0.0800. The maximum absolute atomic E-state index is 10.1. The summed E-state index contributed by atoms with van der Waals surface area (Å²) < 4.78 is 0. The summed E-state index contributed by atoms with van der Waals surface area (Å²) in [5.41, 5.74) is 0.293. The lowest BCUT2D eigenvalue weighted by Gasteiger charge is -2.27. The standard InChI is InChI=1S/C13H25NO/c1-2-13(8-9-13)12(15)10-14-11-6-4-3-5-7-11/h11-12,14-15H,2-10H2,1H3. The Balaban J connectivity index is 1.68. The molecule has 2 rings (SSSR count). The van der Waals surface area contributed by atoms with E-state index in [1.54, 1.807) is 0 Å². The van der Waals surface area contributed by atoms with Crippen LogP contribution in [0.15, 0.2) is 0 Å². The molecular weight excluding hydrogens is 186 g/mol. The van der Waals surface area contributed by atoms with Crippen LogP contribution in [0.1, 0.15) is 58.3 Å². The zero-order valence-electron chi connectivity index (χ0n) is 9.97. The van der Waals surface area contributed by atoms with E-state index in [9.17, 15) is 5.11 Å². The number of aliphatic hydroxyl groups excluding tert-OH is 1. The summed E-state index contributed by atoms with van der Waals surface area (Å²) in [5.74, 6) is 0. The van der Waals surface area contributed by atoms with Gasteiger partial charge in [0.15, 0.2) is 0 Å². The third-order valence-corrected chi connectivity index (χ3v) is 4.51. The van der Waals surface area contributed by atoms with Gasteiger partial charge in [-0.2, -0.15) is 0 Å². The SMILES string of the molecule is CCC1(C(O)CNC2CCCCC2)CC1. The van der Waals surface area contributed by atoms with Crippen molar-refractivity contribution in [2.45, 2.75) is 70.4 Å². The molecule has 0 aromatic rings. The Bertz CT molecular complexity index is 195. The maximum Gasteiger partial charge on any atom is 0.0720 e. The van der Waals surface area contributed by atoms with Crippen molar-refractivity contribution in [1.82, 2.24) is 5.32 Å². The summed E-state index contributed by atoms with van der Waals surface area (Å²) in [6.07, 6.45) is 10.3. The molecule has 0 radical (unpaired) electrons. The molecule has 2 aliphatic carbocycles. The van der Waals surface area contributed by atoms with Crippen LogP contribution < -0.4 is 5.32 Å². The minimum absolute atomic E-state index is 0.107. The highest BCUT2D eigenvalue weighted by Gasteiger charge is 2.46. The molecule has 2 fully saturated rings. The van der Waals surface area contributed by atoms with Crippen LogP contribution in [-0.2, 0) is 0 Å². The first kappa shape index (κ1) is 11.4. The second-order valence-corrected chi connectivity index (χ2v) is 5.47. The van der Waals surface area contributed by atoms with E-state index in [2.05, 4.69) is 12.2 Å². The first-order valence-electron chi connectivity index (χ1n) is 6.68. The highest BCUT2D eigenvalue weighted by Crippen LogP contribution is 2.51. The van der Waals surface area contributed by atoms with Gasteiger partial charge in [0.1, 0.15) is 0 Å². The van der Waals surface area contributed by atoms with Gasteiger partial charge in [0, 0.05) is 12.6 Å². The molecule has 2 saturated carbocycles. The second-order valence-electron chi connectivity index (χ2n) is 5.47. The fourth-order valence-electron chi connectivity index (χ4n) is 2.88. The van der Waals surface area contributed by atoms with Crippen LogP contribution in [0.3, 0.4) is 0 Å². The number of nitrogens with one attached hydrogen (secondary N) is 1. The number of rotatable bonds is 5. The van der Waals surface area contributed by atoms with Gasteiger partial charge in [-0.25, -0.2) is 0 Å². The van der Waals surface area contributed by atoms with Crippen LogP contribution in [-0.4, -0.2) is 23.8 Å². The molecule has 0 spiro atoms. The summed E-state index contributed by atoms with van der Waals surface area (Å²) in [7, 11) is 0. The van der Waals surface area contributed by atoms with E-state index in [4.69, 9.17) is 0 Å². The van der Waals surface area contributed by atoms with E-state index in [0.717, 1.165) is 13.0 Å². The molecule has 0 bridgehead atoms. The molecule has 0 amide bonds. The van der Waals surface area contributed by atoms with Gasteiger partial charge < -0.3 is 10.4 Å². The van der Waals surface area contributed by atoms with E-state index < -0.39 is 0 Å². The molecule has 0 aromatic heterocycles. The van der Waals surface area contributed by atoms with Crippen molar-refractivity contribution in [3.63, 3.8) is 0 Å². The lowest BCUT2D eigenvalue weighted by atomic mass is 9.93. The van der Waals surface area contributed by atoms with Gasteiger partial charge in [-0.15, -0.1) is 0 Å². The molecule has 2 N–H and O–H groups in total. The van der Waals surface area contributed by atoms with Crippen molar-refractivity contribution in [3.05, 3.63) is 0 Å². The average molecular weight is 211 g/mol. The zero-order chi connectivity index (χ0) is 10.7. The quantitative estimate of drug-likeness (QED) is 0.732.